The molecule has 0 saturated heterocycles. The van der Waals surface area contributed by atoms with Crippen LogP contribution in [0.15, 0.2) is 0 Å². The molecular formula is C15H20N4O4S. The van der Waals surface area contributed by atoms with Crippen LogP contribution in [-0.4, -0.2) is 47.4 Å². The number of aromatic amines is 1. The summed E-state index contributed by atoms with van der Waals surface area (Å²) in [6, 6.07) is 0. The number of H-pyrrole nitrogens is 1. The number of ether oxygens (including phenoxy) is 2. The summed E-state index contributed by atoms with van der Waals surface area (Å²) in [5, 5.41) is 11.8. The van der Waals surface area contributed by atoms with Crippen LogP contribution >= 0.6 is 11.3 Å². The number of hydrogen-bond donors (Lipinski definition) is 2. The zero-order valence-corrected chi connectivity index (χ0v) is 14.9. The molecule has 24 heavy (non-hydrogen) atoms. The largest absolute Gasteiger partial charge is 0.460 e. The minimum absolute atomic E-state index is 0.158. The van der Waals surface area contributed by atoms with Gasteiger partial charge in [0.15, 0.2) is 0 Å². The van der Waals surface area contributed by atoms with Gasteiger partial charge in [-0.2, -0.15) is 0 Å². The Morgan fingerprint density at radius 1 is 1.25 bits per heavy atom. The molecule has 8 nitrogen and oxygen atoms in total. The van der Waals surface area contributed by atoms with Crippen molar-refractivity contribution in [2.75, 3.05) is 25.6 Å². The van der Waals surface area contributed by atoms with Crippen molar-refractivity contribution >= 4 is 28.3 Å². The number of hydrogen-bond acceptors (Lipinski definition) is 7. The van der Waals surface area contributed by atoms with Crippen molar-refractivity contribution in [3.05, 3.63) is 27.5 Å². The van der Waals surface area contributed by atoms with Gasteiger partial charge in [0.25, 0.3) is 5.91 Å². The highest BCUT2D eigenvalue weighted by molar-refractivity contribution is 7.15. The lowest BCUT2D eigenvalue weighted by atomic mass is 10.1. The van der Waals surface area contributed by atoms with Gasteiger partial charge in [-0.3, -0.25) is 10.1 Å². The summed E-state index contributed by atoms with van der Waals surface area (Å²) in [6.07, 6.45) is 0.756. The Kier molecular flexibility index (Phi) is 6.04. The number of nitrogens with zero attached hydrogens (tertiary/aromatic N) is 2. The van der Waals surface area contributed by atoms with Crippen LogP contribution in [-0.2, 0) is 15.9 Å². The fraction of sp³-hybridized carbons (Fsp3) is 0.467. The maximum atomic E-state index is 12.4. The van der Waals surface area contributed by atoms with Crippen LogP contribution in [0.2, 0.25) is 0 Å². The maximum Gasteiger partial charge on any atom is 0.340 e. The van der Waals surface area contributed by atoms with Gasteiger partial charge >= 0.3 is 5.97 Å². The third-order valence-electron chi connectivity index (χ3n) is 3.38. The Balaban J connectivity index is 2.14. The van der Waals surface area contributed by atoms with E-state index in [-0.39, 0.29) is 12.5 Å². The van der Waals surface area contributed by atoms with Gasteiger partial charge in [-0.15, -0.1) is 10.2 Å². The number of rotatable bonds is 7. The van der Waals surface area contributed by atoms with Gasteiger partial charge in [-0.05, 0) is 25.8 Å². The van der Waals surface area contributed by atoms with Crippen molar-refractivity contribution in [1.29, 1.82) is 0 Å². The Labute approximate surface area is 143 Å². The monoisotopic (exact) mass is 352 g/mol. The Morgan fingerprint density at radius 2 is 2.00 bits per heavy atom. The molecule has 0 unspecified atom stereocenters. The second kappa shape index (κ2) is 8.02. The van der Waals surface area contributed by atoms with Gasteiger partial charge in [0.1, 0.15) is 17.3 Å². The molecule has 0 atom stereocenters. The van der Waals surface area contributed by atoms with Gasteiger partial charge in [0.05, 0.1) is 12.2 Å². The summed E-state index contributed by atoms with van der Waals surface area (Å²) in [7, 11) is 1.53. The minimum Gasteiger partial charge on any atom is -0.460 e. The number of esters is 1. The van der Waals surface area contributed by atoms with E-state index in [1.54, 1.807) is 13.8 Å². The molecule has 9 heteroatoms. The number of nitrogens with one attached hydrogen (secondary N) is 2. The molecule has 0 saturated carbocycles. The van der Waals surface area contributed by atoms with Crippen LogP contribution in [0.4, 0.5) is 5.13 Å². The molecule has 2 N–H and O–H groups in total. The smallest absolute Gasteiger partial charge is 0.340 e. The average molecular weight is 352 g/mol. The SMILES string of the molecule is CCc1nnc(NC(=O)c2[nH]c(C)c(C(=O)OCCOC)c2C)s1. The first kappa shape index (κ1) is 18.1. The first-order valence-electron chi connectivity index (χ1n) is 7.46. The Morgan fingerprint density at radius 3 is 2.62 bits per heavy atom. The molecular weight excluding hydrogens is 332 g/mol. The molecule has 0 fully saturated rings. The van der Waals surface area contributed by atoms with Crippen LogP contribution in [0.25, 0.3) is 0 Å². The molecule has 0 aliphatic rings. The normalized spacial score (nSPS) is 10.7. The maximum absolute atomic E-state index is 12.4. The van der Waals surface area contributed by atoms with Crippen LogP contribution < -0.4 is 5.32 Å². The average Bonchev–Trinajstić information content (AvgIpc) is 3.11. The highest BCUT2D eigenvalue weighted by Crippen LogP contribution is 2.21. The molecule has 2 heterocycles. The molecule has 0 aliphatic carbocycles. The number of amides is 1. The zero-order valence-electron chi connectivity index (χ0n) is 14.1. The number of aryl methyl sites for hydroxylation is 2. The molecule has 2 aromatic rings. The van der Waals surface area contributed by atoms with Gasteiger partial charge in [-0.1, -0.05) is 18.3 Å². The molecule has 0 radical (unpaired) electrons. The standard InChI is InChI=1S/C15H20N4O4S/c1-5-10-18-19-15(24-10)17-13(20)12-8(2)11(9(3)16-12)14(21)23-7-6-22-4/h16H,5-7H2,1-4H3,(H,17,19,20). The molecule has 0 aromatic carbocycles. The topological polar surface area (TPSA) is 106 Å². The van der Waals surface area contributed by atoms with Crippen molar-refractivity contribution in [3.8, 4) is 0 Å². The summed E-state index contributed by atoms with van der Waals surface area (Å²) < 4.78 is 9.97. The number of carbonyl (C=O) groups excluding carboxylic acids is 2. The lowest BCUT2D eigenvalue weighted by Gasteiger charge is -2.05. The predicted octanol–water partition coefficient (Wildman–Crippen LogP) is 2.10. The molecule has 130 valence electrons. The Bertz CT molecular complexity index is 738. The first-order chi connectivity index (χ1) is 11.5. The predicted molar refractivity (Wildman–Crippen MR) is 89.7 cm³/mol. The lowest BCUT2D eigenvalue weighted by molar-refractivity contribution is 0.0387. The van der Waals surface area contributed by atoms with Gasteiger partial charge in [0, 0.05) is 12.8 Å². The van der Waals surface area contributed by atoms with Crippen LogP contribution in [0.5, 0.6) is 0 Å². The van der Waals surface area contributed by atoms with Gasteiger partial charge in [-0.25, -0.2) is 4.79 Å². The third kappa shape index (κ3) is 3.98. The van der Waals surface area contributed by atoms with Gasteiger partial charge < -0.3 is 14.5 Å². The van der Waals surface area contributed by atoms with E-state index in [4.69, 9.17) is 9.47 Å². The van der Waals surface area contributed by atoms with Crippen LogP contribution in [0.1, 0.15) is 44.0 Å². The van der Waals surface area contributed by atoms with E-state index < -0.39 is 5.97 Å². The summed E-state index contributed by atoms with van der Waals surface area (Å²) in [5.74, 6) is -0.855. The van der Waals surface area contributed by atoms with Gasteiger partial charge in [0.2, 0.25) is 5.13 Å². The van der Waals surface area contributed by atoms with E-state index in [1.165, 1.54) is 18.4 Å². The van der Waals surface area contributed by atoms with E-state index in [9.17, 15) is 9.59 Å². The molecule has 0 aliphatic heterocycles. The quantitative estimate of drug-likeness (QED) is 0.584. The lowest BCUT2D eigenvalue weighted by Crippen LogP contribution is -2.14. The fourth-order valence-corrected chi connectivity index (χ4v) is 2.85. The van der Waals surface area contributed by atoms with E-state index in [0.29, 0.717) is 34.3 Å². The summed E-state index contributed by atoms with van der Waals surface area (Å²) in [6.45, 7) is 5.86. The zero-order chi connectivity index (χ0) is 17.7. The second-order valence-corrected chi connectivity index (χ2v) is 6.12. The first-order valence-corrected chi connectivity index (χ1v) is 8.28. The molecule has 1 amide bonds. The van der Waals surface area contributed by atoms with E-state index in [1.807, 2.05) is 6.92 Å². The highest BCUT2D eigenvalue weighted by atomic mass is 32.1. The van der Waals surface area contributed by atoms with Crippen LogP contribution in [0, 0.1) is 13.8 Å². The van der Waals surface area contributed by atoms with Crippen molar-refractivity contribution in [3.63, 3.8) is 0 Å². The number of aromatic nitrogens is 3. The molecule has 0 bridgehead atoms. The molecule has 0 spiro atoms. The highest BCUT2D eigenvalue weighted by Gasteiger charge is 2.23. The minimum atomic E-state index is -0.485. The fourth-order valence-electron chi connectivity index (χ4n) is 2.18. The van der Waals surface area contributed by atoms with Crippen molar-refractivity contribution in [2.24, 2.45) is 0 Å². The summed E-state index contributed by atoms with van der Waals surface area (Å²) >= 11 is 1.32. The summed E-state index contributed by atoms with van der Waals surface area (Å²) in [5.41, 5.74) is 1.78. The number of carbonyl (C=O) groups is 2. The van der Waals surface area contributed by atoms with Crippen molar-refractivity contribution in [2.45, 2.75) is 27.2 Å². The molecule has 2 aromatic heterocycles. The van der Waals surface area contributed by atoms with Crippen molar-refractivity contribution in [1.82, 2.24) is 15.2 Å². The number of methoxy groups -OCH3 is 1. The summed E-state index contributed by atoms with van der Waals surface area (Å²) in [4.78, 5) is 27.5. The van der Waals surface area contributed by atoms with E-state index >= 15 is 0 Å². The van der Waals surface area contributed by atoms with Crippen molar-refractivity contribution < 1.29 is 19.1 Å². The second-order valence-electron chi connectivity index (χ2n) is 5.06. The van der Waals surface area contributed by atoms with E-state index in [2.05, 4.69) is 20.5 Å². The van der Waals surface area contributed by atoms with E-state index in [0.717, 1.165) is 11.4 Å². The number of anilines is 1. The molecule has 2 rings (SSSR count). The van der Waals surface area contributed by atoms with Crippen LogP contribution in [0.3, 0.4) is 0 Å². The Hall–Kier alpha value is -2.26. The third-order valence-corrected chi connectivity index (χ3v) is 4.36.